The second-order valence-corrected chi connectivity index (χ2v) is 9.56. The number of hydrogen-bond donors (Lipinski definition) is 3. The van der Waals surface area contributed by atoms with Crippen LogP contribution in [0.5, 0.6) is 0 Å². The Morgan fingerprint density at radius 3 is 2.76 bits per heavy atom. The maximum absolute atomic E-state index is 15.0. The number of halogens is 3. The van der Waals surface area contributed by atoms with Crippen LogP contribution in [0.15, 0.2) is 36.4 Å². The molecule has 2 aliphatic heterocycles. The molecular formula is C22H23Cl2FN2O2. The lowest BCUT2D eigenvalue weighted by atomic mass is 9.63. The highest BCUT2D eigenvalue weighted by molar-refractivity contribution is 6.31. The number of anilines is 1. The van der Waals surface area contributed by atoms with Crippen LogP contribution in [0.1, 0.15) is 37.4 Å². The maximum atomic E-state index is 15.0. The van der Waals surface area contributed by atoms with E-state index in [0.29, 0.717) is 29.2 Å². The van der Waals surface area contributed by atoms with Crippen molar-refractivity contribution >= 4 is 34.8 Å². The molecule has 4 rings (SSSR count). The molecule has 1 spiro atoms. The second kappa shape index (κ2) is 7.24. The minimum absolute atomic E-state index is 0.00906. The molecule has 7 heteroatoms. The number of hydrogen-bond acceptors (Lipinski definition) is 3. The van der Waals surface area contributed by atoms with E-state index in [9.17, 15) is 9.90 Å². The topological polar surface area (TPSA) is 61.4 Å². The summed E-state index contributed by atoms with van der Waals surface area (Å²) in [5.41, 5.74) is 0.374. The van der Waals surface area contributed by atoms with Crippen LogP contribution in [0.25, 0.3) is 0 Å². The van der Waals surface area contributed by atoms with Crippen LogP contribution in [0, 0.1) is 17.2 Å². The minimum Gasteiger partial charge on any atom is -0.396 e. The number of rotatable bonds is 4. The molecule has 2 heterocycles. The smallest absolute Gasteiger partial charge is 0.237 e. The second-order valence-electron chi connectivity index (χ2n) is 8.72. The van der Waals surface area contributed by atoms with Crippen molar-refractivity contribution in [2.45, 2.75) is 31.7 Å². The summed E-state index contributed by atoms with van der Waals surface area (Å²) in [5, 5.41) is 16.7. The molecule has 1 saturated heterocycles. The summed E-state index contributed by atoms with van der Waals surface area (Å²) >= 11 is 12.2. The van der Waals surface area contributed by atoms with E-state index in [1.807, 2.05) is 19.9 Å². The van der Waals surface area contributed by atoms with Gasteiger partial charge >= 0.3 is 0 Å². The zero-order valence-electron chi connectivity index (χ0n) is 16.2. The van der Waals surface area contributed by atoms with Gasteiger partial charge in [-0.2, -0.15) is 0 Å². The van der Waals surface area contributed by atoms with Gasteiger partial charge in [0.15, 0.2) is 0 Å². The van der Waals surface area contributed by atoms with Gasteiger partial charge in [-0.15, -0.1) is 0 Å². The van der Waals surface area contributed by atoms with E-state index in [-0.39, 0.29) is 23.5 Å². The summed E-state index contributed by atoms with van der Waals surface area (Å²) in [4.78, 5) is 13.5. The highest BCUT2D eigenvalue weighted by atomic mass is 35.5. The predicted molar refractivity (Wildman–Crippen MR) is 113 cm³/mol. The number of amides is 1. The van der Waals surface area contributed by atoms with Crippen molar-refractivity contribution in [2.24, 2.45) is 11.3 Å². The molecule has 0 saturated carbocycles. The molecule has 154 valence electrons. The van der Waals surface area contributed by atoms with E-state index in [2.05, 4.69) is 10.6 Å². The van der Waals surface area contributed by atoms with Crippen LogP contribution in [0.2, 0.25) is 10.0 Å². The van der Waals surface area contributed by atoms with E-state index < -0.39 is 22.7 Å². The number of carbonyl (C=O) groups is 1. The fraction of sp³-hybridized carbons (Fsp3) is 0.409. The van der Waals surface area contributed by atoms with Gasteiger partial charge < -0.3 is 15.7 Å². The third-order valence-electron chi connectivity index (χ3n) is 6.24. The molecular weight excluding hydrogens is 414 g/mol. The predicted octanol–water partition coefficient (Wildman–Crippen LogP) is 4.69. The number of nitrogens with one attached hydrogen (secondary N) is 2. The molecule has 0 radical (unpaired) electrons. The molecule has 2 aromatic rings. The van der Waals surface area contributed by atoms with E-state index >= 15 is 4.39 Å². The van der Waals surface area contributed by atoms with Crippen LogP contribution in [-0.4, -0.2) is 24.2 Å². The zero-order chi connectivity index (χ0) is 21.0. The summed E-state index contributed by atoms with van der Waals surface area (Å²) in [7, 11) is 0. The third-order valence-corrected chi connectivity index (χ3v) is 6.77. The first kappa shape index (κ1) is 20.6. The Morgan fingerprint density at radius 2 is 2.03 bits per heavy atom. The number of benzene rings is 2. The van der Waals surface area contributed by atoms with Crippen molar-refractivity contribution in [1.82, 2.24) is 5.32 Å². The minimum atomic E-state index is -1.03. The van der Waals surface area contributed by atoms with Crippen LogP contribution < -0.4 is 10.6 Å². The average molecular weight is 437 g/mol. The lowest BCUT2D eigenvalue weighted by Crippen LogP contribution is -2.45. The Bertz CT molecular complexity index is 981. The number of aliphatic hydroxyl groups is 1. The summed E-state index contributed by atoms with van der Waals surface area (Å²) in [6.07, 6.45) is 0.588. The molecule has 0 bridgehead atoms. The van der Waals surface area contributed by atoms with Crippen molar-refractivity contribution in [2.75, 3.05) is 18.5 Å². The van der Waals surface area contributed by atoms with Crippen LogP contribution in [0.3, 0.4) is 0 Å². The van der Waals surface area contributed by atoms with E-state index in [1.165, 1.54) is 6.07 Å². The van der Waals surface area contributed by atoms with Crippen molar-refractivity contribution in [3.05, 3.63) is 63.4 Å². The van der Waals surface area contributed by atoms with Crippen molar-refractivity contribution < 1.29 is 14.3 Å². The first-order valence-electron chi connectivity index (χ1n) is 9.60. The summed E-state index contributed by atoms with van der Waals surface area (Å²) in [5.74, 6) is -0.873. The van der Waals surface area contributed by atoms with Gasteiger partial charge in [0, 0.05) is 29.4 Å². The fourth-order valence-electron chi connectivity index (χ4n) is 4.90. The molecule has 4 nitrogen and oxygen atoms in total. The molecule has 0 aliphatic carbocycles. The molecule has 29 heavy (non-hydrogen) atoms. The summed E-state index contributed by atoms with van der Waals surface area (Å²) in [6.45, 7) is 4.42. The Labute approximate surface area is 179 Å². The lowest BCUT2D eigenvalue weighted by molar-refractivity contribution is -0.123. The quantitative estimate of drug-likeness (QED) is 0.651. The molecule has 3 atom stereocenters. The number of aliphatic hydroxyl groups excluding tert-OH is 1. The molecule has 3 N–H and O–H groups in total. The van der Waals surface area contributed by atoms with Crippen molar-refractivity contribution in [1.29, 1.82) is 0 Å². The molecule has 2 aliphatic rings. The first-order valence-corrected chi connectivity index (χ1v) is 10.4. The van der Waals surface area contributed by atoms with Gasteiger partial charge in [-0.1, -0.05) is 55.2 Å². The normalized spacial score (nSPS) is 26.1. The van der Waals surface area contributed by atoms with Crippen molar-refractivity contribution in [3.8, 4) is 0 Å². The first-order chi connectivity index (χ1) is 13.7. The lowest BCUT2D eigenvalue weighted by Gasteiger charge is -2.37. The molecule has 2 aromatic carbocycles. The standard InChI is InChI=1S/C22H23Cl2FN2O2/c1-21(2,11-28)9-12-10-26-19(14-4-3-5-16(24)18(14)25)22(12)15-7-6-13(23)8-17(15)27-20(22)29/h3-8,12,19,26,28H,9-11H2,1-2H3,(H,27,29)/t12?,19?,22-/m0/s1. The Hall–Kier alpha value is -1.66. The molecule has 0 aromatic heterocycles. The van der Waals surface area contributed by atoms with Gasteiger partial charge in [-0.3, -0.25) is 4.79 Å². The summed E-state index contributed by atoms with van der Waals surface area (Å²) < 4.78 is 15.0. The molecule has 1 fully saturated rings. The Kier molecular flexibility index (Phi) is 5.14. The largest absolute Gasteiger partial charge is 0.396 e. The van der Waals surface area contributed by atoms with Gasteiger partial charge in [-0.25, -0.2) is 4.39 Å². The summed E-state index contributed by atoms with van der Waals surface area (Å²) in [6, 6.07) is 9.58. The third kappa shape index (κ3) is 3.15. The van der Waals surface area contributed by atoms with E-state index in [4.69, 9.17) is 23.2 Å². The van der Waals surface area contributed by atoms with Gasteiger partial charge in [0.05, 0.1) is 16.5 Å². The Balaban J connectivity index is 1.92. The Morgan fingerprint density at radius 1 is 1.28 bits per heavy atom. The zero-order valence-corrected chi connectivity index (χ0v) is 17.7. The van der Waals surface area contributed by atoms with E-state index in [1.54, 1.807) is 24.3 Å². The fourth-order valence-corrected chi connectivity index (χ4v) is 5.26. The van der Waals surface area contributed by atoms with Gasteiger partial charge in [0.25, 0.3) is 0 Å². The van der Waals surface area contributed by atoms with Gasteiger partial charge in [0.1, 0.15) is 5.82 Å². The van der Waals surface area contributed by atoms with Crippen molar-refractivity contribution in [3.63, 3.8) is 0 Å². The highest BCUT2D eigenvalue weighted by Gasteiger charge is 2.61. The van der Waals surface area contributed by atoms with Crippen LogP contribution in [0.4, 0.5) is 10.1 Å². The van der Waals surface area contributed by atoms with Crippen LogP contribution in [-0.2, 0) is 10.2 Å². The number of carbonyl (C=O) groups excluding carboxylic acids is 1. The SMILES string of the molecule is CC(C)(CO)CC1CNC(c2cccc(Cl)c2F)[C@]12C(=O)Nc1cc(Cl)ccc12. The highest BCUT2D eigenvalue weighted by Crippen LogP contribution is 2.56. The van der Waals surface area contributed by atoms with Gasteiger partial charge in [-0.05, 0) is 41.5 Å². The van der Waals surface area contributed by atoms with Gasteiger partial charge in [0.2, 0.25) is 5.91 Å². The van der Waals surface area contributed by atoms with Crippen LogP contribution >= 0.6 is 23.2 Å². The number of fused-ring (bicyclic) bond motifs is 2. The molecule has 1 amide bonds. The van der Waals surface area contributed by atoms with E-state index in [0.717, 1.165) is 5.56 Å². The molecule has 2 unspecified atom stereocenters. The monoisotopic (exact) mass is 436 g/mol. The average Bonchev–Trinajstić information content (AvgIpc) is 3.16. The maximum Gasteiger partial charge on any atom is 0.237 e.